The quantitative estimate of drug-likeness (QED) is 0.103. The summed E-state index contributed by atoms with van der Waals surface area (Å²) in [5, 5.41) is 5.31. The Morgan fingerprint density at radius 2 is 1.02 bits per heavy atom. The third-order valence-corrected chi connectivity index (χ3v) is 11.9. The normalized spacial score (nSPS) is 19.8. The Hall–Kier alpha value is -2.28. The maximum Gasteiger partial charge on any atom is 0.0200 e. The second-order valence-corrected chi connectivity index (χ2v) is 19.1. The van der Waals surface area contributed by atoms with Gasteiger partial charge in [-0.05, 0) is 54.2 Å². The molecule has 1 saturated heterocycles. The third kappa shape index (κ3) is 8.41. The van der Waals surface area contributed by atoms with Crippen LogP contribution >= 0.6 is 28.6 Å². The average Bonchev–Trinajstić information content (AvgIpc) is 3.48. The van der Waals surface area contributed by atoms with E-state index in [1.165, 1.54) is 90.7 Å². The third-order valence-electron chi connectivity index (χ3n) is 9.39. The fourth-order valence-corrected chi connectivity index (χ4v) is 9.44. The molecule has 0 radical (unpaired) electrons. The summed E-state index contributed by atoms with van der Waals surface area (Å²) in [6, 6.07) is 41.9. The molecule has 8 rings (SSSR count). The van der Waals surface area contributed by atoms with Crippen LogP contribution in [0.2, 0.25) is 0 Å². The first-order valence-electron chi connectivity index (χ1n) is 16.6. The van der Waals surface area contributed by atoms with E-state index in [0.29, 0.717) is 12.1 Å². The number of halogens is 2. The number of hydrogen-bond acceptors (Lipinski definition) is 2. The van der Waals surface area contributed by atoms with Crippen molar-refractivity contribution in [2.75, 3.05) is 9.80 Å². The number of hydrogen-bond donors (Lipinski definition) is 0. The van der Waals surface area contributed by atoms with Crippen molar-refractivity contribution >= 4 is 66.2 Å². The van der Waals surface area contributed by atoms with Crippen LogP contribution in [0.5, 0.6) is 0 Å². The van der Waals surface area contributed by atoms with Crippen molar-refractivity contribution in [1.29, 1.82) is 0 Å². The van der Waals surface area contributed by atoms with Gasteiger partial charge in [0.25, 0.3) is 0 Å². The first kappa shape index (κ1) is 33.6. The van der Waals surface area contributed by atoms with Crippen LogP contribution in [0, 0.1) is 6.67 Å². The van der Waals surface area contributed by atoms with Crippen molar-refractivity contribution in [3.8, 4) is 0 Å². The van der Waals surface area contributed by atoms with Crippen LogP contribution in [0.25, 0.3) is 21.5 Å². The second kappa shape index (κ2) is 16.7. The van der Waals surface area contributed by atoms with Crippen molar-refractivity contribution in [3.63, 3.8) is 0 Å². The van der Waals surface area contributed by atoms with Crippen LogP contribution in [-0.4, -0.2) is 22.4 Å². The van der Waals surface area contributed by atoms with Crippen molar-refractivity contribution < 1.29 is 13.5 Å². The van der Waals surface area contributed by atoms with Crippen molar-refractivity contribution in [2.24, 2.45) is 0 Å². The molecule has 242 valence electrons. The summed E-state index contributed by atoms with van der Waals surface area (Å²) < 4.78 is 1.92. The van der Waals surface area contributed by atoms with Crippen LogP contribution < -0.4 is 9.80 Å². The predicted octanol–water partition coefficient (Wildman–Crippen LogP) is 11.7. The molecule has 0 amide bonds. The van der Waals surface area contributed by atoms with Gasteiger partial charge in [0.15, 0.2) is 0 Å². The molecule has 1 heterocycles. The molecule has 5 aromatic rings. The van der Waals surface area contributed by atoms with Gasteiger partial charge >= 0.3 is 73.4 Å². The second-order valence-electron chi connectivity index (χ2n) is 12.5. The van der Waals surface area contributed by atoms with E-state index >= 15 is 0 Å². The van der Waals surface area contributed by atoms with Gasteiger partial charge in [-0.25, -0.2) is 0 Å². The fraction of sp³-hybridized carbons (Fsp3) is 0.300. The average molecular weight is 756 g/mol. The molecule has 1 aliphatic heterocycles. The monoisotopic (exact) mass is 755 g/mol. The van der Waals surface area contributed by atoms with E-state index in [4.69, 9.17) is 19.4 Å². The summed E-state index contributed by atoms with van der Waals surface area (Å²) in [6.07, 6.45) is 12.5. The molecular weight excluding hydrogens is 711 g/mol. The molecule has 3 atom stereocenters. The van der Waals surface area contributed by atoms with Crippen molar-refractivity contribution in [3.05, 3.63) is 127 Å². The number of fused-ring (bicyclic) bond motifs is 3. The molecule has 0 N–H and O–H groups in total. The molecule has 2 aliphatic carbocycles. The van der Waals surface area contributed by atoms with Crippen molar-refractivity contribution in [1.82, 2.24) is 0 Å². The van der Waals surface area contributed by atoms with Gasteiger partial charge in [0.05, 0.1) is 0 Å². The standard InChI is InChI=1S/C27H25N2.C7H6.C6H13P.2ClH.Ru/c1-3-13-22-20(9-1)11-7-17-24(22)28-19-29(27-16-6-5-15-26(27)28)25-18-8-12-21-10-2-4-14-23(21)25;1-7-5-3-2-4-6-7;7-6-4-2-1-3-5-6;;;/h1-4,7-14,17-19,26-27H,5-6,15-16H2;1-6H;6H,1-5,7H2;2*1H;/q-1;;;;;+2/p-2/t26-,27-;;;;;/m1...../s1. The van der Waals surface area contributed by atoms with Gasteiger partial charge in [0, 0.05) is 34.2 Å². The Labute approximate surface area is 290 Å². The Kier molecular flexibility index (Phi) is 12.2. The zero-order valence-electron chi connectivity index (χ0n) is 26.3. The number of nitrogens with zero attached hydrogens (tertiary/aromatic N) is 2. The molecule has 1 unspecified atom stereocenters. The van der Waals surface area contributed by atoms with E-state index in [2.05, 4.69) is 111 Å². The molecule has 3 aliphatic rings. The molecule has 3 fully saturated rings. The Morgan fingerprint density at radius 3 is 1.50 bits per heavy atom. The molecule has 0 bridgehead atoms. The smallest absolute Gasteiger partial charge is 0.0200 e. The molecule has 6 heteroatoms. The minimum Gasteiger partial charge on any atom is -0.499 e. The van der Waals surface area contributed by atoms with E-state index in [1.54, 1.807) is 0 Å². The van der Waals surface area contributed by atoms with Gasteiger partial charge in [-0.3, -0.25) is 0 Å². The molecule has 46 heavy (non-hydrogen) atoms. The number of anilines is 2. The summed E-state index contributed by atoms with van der Waals surface area (Å²) in [5.74, 6) is 0. The van der Waals surface area contributed by atoms with E-state index in [0.717, 1.165) is 11.2 Å². The van der Waals surface area contributed by atoms with Crippen LogP contribution in [0.4, 0.5) is 11.4 Å². The maximum absolute atomic E-state index is 5.67. The molecular formula is C40H44Cl2N2PRu-. The van der Waals surface area contributed by atoms with Crippen LogP contribution in [-0.2, 0) is 13.5 Å². The molecule has 5 aromatic carbocycles. The van der Waals surface area contributed by atoms with Crippen LogP contribution in [0.3, 0.4) is 0 Å². The first-order valence-corrected chi connectivity index (χ1v) is 22.7. The van der Waals surface area contributed by atoms with E-state index < -0.39 is 13.5 Å². The van der Waals surface area contributed by atoms with Gasteiger partial charge in [0.2, 0.25) is 0 Å². The summed E-state index contributed by atoms with van der Waals surface area (Å²) in [6.45, 7) is 2.39. The van der Waals surface area contributed by atoms with Gasteiger partial charge in [-0.1, -0.05) is 105 Å². The first-order chi connectivity index (χ1) is 22.6. The number of benzene rings is 5. The zero-order valence-corrected chi connectivity index (χ0v) is 30.7. The van der Waals surface area contributed by atoms with Crippen LogP contribution in [0.1, 0.15) is 63.4 Å². The van der Waals surface area contributed by atoms with E-state index in [-0.39, 0.29) is 0 Å². The summed E-state index contributed by atoms with van der Waals surface area (Å²) in [4.78, 5) is 5.13. The molecule has 0 aromatic heterocycles. The molecule has 0 spiro atoms. The Balaban J connectivity index is 0.000000179. The SMILES string of the molecule is PC1CCCCC1.[Cl][Ru]([Cl])=[CH]c1ccccc1.c1ccc2c(N3[CH-]N(c4cccc5ccccc45)[C@@H]4CCCC[C@H]43)cccc2c1. The summed E-state index contributed by atoms with van der Waals surface area (Å²) in [5.41, 5.74) is 4.74. The Bertz CT molecular complexity index is 1630. The largest absolute Gasteiger partial charge is 0.499 e. The van der Waals surface area contributed by atoms with E-state index in [9.17, 15) is 0 Å². The molecule has 2 saturated carbocycles. The maximum atomic E-state index is 5.67. The zero-order chi connectivity index (χ0) is 31.7. The van der Waals surface area contributed by atoms with Crippen molar-refractivity contribution in [2.45, 2.75) is 75.5 Å². The fourth-order valence-electron chi connectivity index (χ4n) is 7.14. The van der Waals surface area contributed by atoms with Gasteiger partial charge < -0.3 is 9.80 Å². The van der Waals surface area contributed by atoms with Crippen LogP contribution in [0.15, 0.2) is 115 Å². The summed E-state index contributed by atoms with van der Waals surface area (Å²) in [7, 11) is 14.2. The topological polar surface area (TPSA) is 6.48 Å². The molecule has 2 nitrogen and oxygen atoms in total. The van der Waals surface area contributed by atoms with E-state index in [1.807, 2.05) is 34.9 Å². The number of rotatable bonds is 3. The van der Waals surface area contributed by atoms with Gasteiger partial charge in [-0.15, -0.1) is 9.24 Å². The van der Waals surface area contributed by atoms with Gasteiger partial charge in [0.1, 0.15) is 0 Å². The predicted molar refractivity (Wildman–Crippen MR) is 203 cm³/mol. The summed E-state index contributed by atoms with van der Waals surface area (Å²) >= 11 is -1.61. The van der Waals surface area contributed by atoms with Gasteiger partial charge in [-0.2, -0.15) is 6.67 Å². The Morgan fingerprint density at radius 1 is 0.565 bits per heavy atom. The minimum atomic E-state index is -1.61. The minimum absolute atomic E-state index is 0.536.